The van der Waals surface area contributed by atoms with Crippen LogP contribution in [0.4, 0.5) is 0 Å². The fourth-order valence-electron chi connectivity index (χ4n) is 2.16. The highest BCUT2D eigenvalue weighted by atomic mass is 16.6. The Morgan fingerprint density at radius 2 is 2.14 bits per heavy atom. The van der Waals surface area contributed by atoms with E-state index in [0.29, 0.717) is 13.0 Å². The van der Waals surface area contributed by atoms with Gasteiger partial charge in [0.2, 0.25) is 0 Å². The molecular formula is C15H17N3O3. The van der Waals surface area contributed by atoms with Crippen molar-refractivity contribution in [3.8, 4) is 11.7 Å². The van der Waals surface area contributed by atoms with Gasteiger partial charge in [-0.15, -0.1) is 5.10 Å². The topological polar surface area (TPSA) is 66.2 Å². The molecule has 6 nitrogen and oxygen atoms in total. The van der Waals surface area contributed by atoms with E-state index in [9.17, 15) is 4.79 Å². The predicted octanol–water partition coefficient (Wildman–Crippen LogP) is 1.78. The Bertz CT molecular complexity index is 612. The van der Waals surface area contributed by atoms with E-state index >= 15 is 0 Å². The number of ether oxygens (including phenoxy) is 2. The number of hydrogen-bond donors (Lipinski definition) is 0. The first-order valence-electron chi connectivity index (χ1n) is 7.06. The van der Waals surface area contributed by atoms with E-state index in [-0.39, 0.29) is 17.9 Å². The first-order chi connectivity index (χ1) is 10.3. The van der Waals surface area contributed by atoms with Crippen LogP contribution in [-0.2, 0) is 9.53 Å². The minimum absolute atomic E-state index is 0.0796. The van der Waals surface area contributed by atoms with Crippen LogP contribution in [0, 0.1) is 0 Å². The molecule has 1 aliphatic carbocycles. The first kappa shape index (κ1) is 13.8. The molecule has 1 aromatic heterocycles. The number of nitrogens with zero attached hydrogens (tertiary/aromatic N) is 3. The van der Waals surface area contributed by atoms with Crippen LogP contribution >= 0.6 is 0 Å². The van der Waals surface area contributed by atoms with Crippen molar-refractivity contribution >= 4 is 5.78 Å². The average Bonchev–Trinajstić information content (AvgIpc) is 2.97. The van der Waals surface area contributed by atoms with Crippen LogP contribution < -0.4 is 4.74 Å². The number of para-hydroxylation sites is 1. The monoisotopic (exact) mass is 287 g/mol. The second-order valence-electron chi connectivity index (χ2n) is 4.93. The van der Waals surface area contributed by atoms with Crippen LogP contribution in [0.5, 0.6) is 6.01 Å². The Morgan fingerprint density at radius 1 is 1.33 bits per heavy atom. The van der Waals surface area contributed by atoms with E-state index < -0.39 is 6.10 Å². The SMILES string of the molecule is CCCOC1C(=O)CC1Oc1ncn(-c2ccccc2)n1. The second kappa shape index (κ2) is 6.05. The molecule has 0 radical (unpaired) electrons. The van der Waals surface area contributed by atoms with Crippen molar-refractivity contribution < 1.29 is 14.3 Å². The number of carbonyl (C=O) groups is 1. The van der Waals surface area contributed by atoms with Gasteiger partial charge in [0.25, 0.3) is 0 Å². The van der Waals surface area contributed by atoms with Gasteiger partial charge in [-0.3, -0.25) is 4.79 Å². The molecule has 6 heteroatoms. The van der Waals surface area contributed by atoms with E-state index in [0.717, 1.165) is 12.1 Å². The molecule has 110 valence electrons. The zero-order valence-corrected chi connectivity index (χ0v) is 11.8. The van der Waals surface area contributed by atoms with E-state index in [1.165, 1.54) is 0 Å². The maximum Gasteiger partial charge on any atom is 0.336 e. The van der Waals surface area contributed by atoms with Gasteiger partial charge >= 0.3 is 6.01 Å². The molecule has 0 bridgehead atoms. The molecule has 0 aliphatic heterocycles. The zero-order valence-electron chi connectivity index (χ0n) is 11.8. The number of hydrogen-bond acceptors (Lipinski definition) is 5. The molecule has 0 spiro atoms. The highest BCUT2D eigenvalue weighted by Crippen LogP contribution is 2.24. The van der Waals surface area contributed by atoms with Crippen LogP contribution in [0.3, 0.4) is 0 Å². The summed E-state index contributed by atoms with van der Waals surface area (Å²) in [6.45, 7) is 2.56. The van der Waals surface area contributed by atoms with Gasteiger partial charge in [0.05, 0.1) is 5.69 Å². The summed E-state index contributed by atoms with van der Waals surface area (Å²) in [5.74, 6) is 0.0796. The van der Waals surface area contributed by atoms with Gasteiger partial charge < -0.3 is 9.47 Å². The normalized spacial score (nSPS) is 21.1. The highest BCUT2D eigenvalue weighted by Gasteiger charge is 2.43. The molecule has 1 aliphatic rings. The summed E-state index contributed by atoms with van der Waals surface area (Å²) in [6.07, 6.45) is 2.06. The molecule has 2 atom stereocenters. The molecule has 21 heavy (non-hydrogen) atoms. The summed E-state index contributed by atoms with van der Waals surface area (Å²) in [5, 5.41) is 4.26. The number of ketones is 1. The van der Waals surface area contributed by atoms with Crippen LogP contribution in [0.25, 0.3) is 5.69 Å². The quantitative estimate of drug-likeness (QED) is 0.810. The summed E-state index contributed by atoms with van der Waals surface area (Å²) in [4.78, 5) is 15.6. The summed E-state index contributed by atoms with van der Waals surface area (Å²) >= 11 is 0. The van der Waals surface area contributed by atoms with Crippen LogP contribution in [0.2, 0.25) is 0 Å². The van der Waals surface area contributed by atoms with Crippen molar-refractivity contribution in [3.05, 3.63) is 36.7 Å². The third kappa shape index (κ3) is 2.95. The number of benzene rings is 1. The fourth-order valence-corrected chi connectivity index (χ4v) is 2.16. The Labute approximate surface area is 122 Å². The van der Waals surface area contributed by atoms with Gasteiger partial charge in [0, 0.05) is 13.0 Å². The molecule has 3 rings (SSSR count). The van der Waals surface area contributed by atoms with Gasteiger partial charge in [-0.1, -0.05) is 25.1 Å². The zero-order chi connectivity index (χ0) is 14.7. The van der Waals surface area contributed by atoms with E-state index in [1.807, 2.05) is 37.3 Å². The van der Waals surface area contributed by atoms with Crippen molar-refractivity contribution in [2.24, 2.45) is 0 Å². The van der Waals surface area contributed by atoms with Crippen molar-refractivity contribution in [2.75, 3.05) is 6.61 Å². The van der Waals surface area contributed by atoms with Crippen molar-refractivity contribution in [2.45, 2.75) is 32.0 Å². The number of Topliss-reactive ketones (excluding diaryl/α,β-unsaturated/α-hetero) is 1. The van der Waals surface area contributed by atoms with Crippen molar-refractivity contribution in [1.82, 2.24) is 14.8 Å². The van der Waals surface area contributed by atoms with Crippen LogP contribution in [-0.4, -0.2) is 39.4 Å². The average molecular weight is 287 g/mol. The maximum atomic E-state index is 11.5. The van der Waals surface area contributed by atoms with Crippen molar-refractivity contribution in [1.29, 1.82) is 0 Å². The molecule has 2 aromatic rings. The summed E-state index contributed by atoms with van der Waals surface area (Å²) in [7, 11) is 0. The molecule has 2 unspecified atom stereocenters. The van der Waals surface area contributed by atoms with Gasteiger partial charge in [-0.05, 0) is 18.6 Å². The summed E-state index contributed by atoms with van der Waals surface area (Å²) in [6, 6.07) is 9.92. The van der Waals surface area contributed by atoms with E-state index in [2.05, 4.69) is 10.1 Å². The predicted molar refractivity (Wildman–Crippen MR) is 75.4 cm³/mol. The summed E-state index contributed by atoms with van der Waals surface area (Å²) in [5.41, 5.74) is 0.906. The molecule has 1 fully saturated rings. The number of rotatable bonds is 6. The third-order valence-corrected chi connectivity index (χ3v) is 3.31. The largest absolute Gasteiger partial charge is 0.455 e. The van der Waals surface area contributed by atoms with Gasteiger partial charge in [-0.25, -0.2) is 4.68 Å². The minimum Gasteiger partial charge on any atom is -0.455 e. The van der Waals surface area contributed by atoms with E-state index in [4.69, 9.17) is 9.47 Å². The standard InChI is InChI=1S/C15H17N3O3/c1-2-8-20-14-12(19)9-13(14)21-15-16-10-18(17-15)11-6-4-3-5-7-11/h3-7,10,13-14H,2,8-9H2,1H3. The van der Waals surface area contributed by atoms with Gasteiger partial charge in [-0.2, -0.15) is 4.98 Å². The Morgan fingerprint density at radius 3 is 2.86 bits per heavy atom. The number of carbonyl (C=O) groups excluding carboxylic acids is 1. The second-order valence-corrected chi connectivity index (χ2v) is 4.93. The molecule has 1 aromatic carbocycles. The third-order valence-electron chi connectivity index (χ3n) is 3.31. The fraction of sp³-hybridized carbons (Fsp3) is 0.400. The van der Waals surface area contributed by atoms with Crippen molar-refractivity contribution in [3.63, 3.8) is 0 Å². The Balaban J connectivity index is 1.64. The summed E-state index contributed by atoms with van der Waals surface area (Å²) < 4.78 is 12.8. The maximum absolute atomic E-state index is 11.5. The molecule has 0 saturated heterocycles. The van der Waals surface area contributed by atoms with Crippen LogP contribution in [0.1, 0.15) is 19.8 Å². The van der Waals surface area contributed by atoms with E-state index in [1.54, 1.807) is 11.0 Å². The minimum atomic E-state index is -0.478. The first-order valence-corrected chi connectivity index (χ1v) is 7.06. The lowest BCUT2D eigenvalue weighted by atomic mass is 9.90. The van der Waals surface area contributed by atoms with Gasteiger partial charge in [0.15, 0.2) is 11.9 Å². The lowest BCUT2D eigenvalue weighted by Gasteiger charge is -2.33. The molecular weight excluding hydrogens is 270 g/mol. The molecule has 0 N–H and O–H groups in total. The molecule has 0 amide bonds. The smallest absolute Gasteiger partial charge is 0.336 e. The lowest BCUT2D eigenvalue weighted by molar-refractivity contribution is -0.155. The molecule has 1 heterocycles. The Kier molecular flexibility index (Phi) is 3.96. The highest BCUT2D eigenvalue weighted by molar-refractivity contribution is 5.90. The Hall–Kier alpha value is -2.21. The van der Waals surface area contributed by atoms with Crippen LogP contribution in [0.15, 0.2) is 36.7 Å². The van der Waals surface area contributed by atoms with Gasteiger partial charge in [0.1, 0.15) is 12.4 Å². The molecule has 1 saturated carbocycles. The number of aromatic nitrogens is 3. The lowest BCUT2D eigenvalue weighted by Crippen LogP contribution is -2.52.